The molecule has 0 aromatic carbocycles. The van der Waals surface area contributed by atoms with Crippen LogP contribution in [0.4, 0.5) is 0 Å². The molecule has 0 saturated heterocycles. The molecule has 0 aromatic rings. The molecule has 0 fully saturated rings. The van der Waals surface area contributed by atoms with E-state index in [1.54, 1.807) is 0 Å². The van der Waals surface area contributed by atoms with Gasteiger partial charge in [0.15, 0.2) is 0 Å². The van der Waals surface area contributed by atoms with Crippen LogP contribution in [0.2, 0.25) is 0 Å². The van der Waals surface area contributed by atoms with Gasteiger partial charge in [0, 0.05) is 0 Å². The summed E-state index contributed by atoms with van der Waals surface area (Å²) in [6, 6.07) is 0. The number of hydrogen-bond acceptors (Lipinski definition) is 0. The van der Waals surface area contributed by atoms with Crippen molar-refractivity contribution in [1.82, 2.24) is 0 Å². The topological polar surface area (TPSA) is 0 Å². The Bertz CT molecular complexity index is 135. The van der Waals surface area contributed by atoms with Gasteiger partial charge < -0.3 is 0 Å². The summed E-state index contributed by atoms with van der Waals surface area (Å²) in [4.78, 5) is 0. The van der Waals surface area contributed by atoms with Crippen molar-refractivity contribution in [1.29, 1.82) is 0 Å². The summed E-state index contributed by atoms with van der Waals surface area (Å²) in [5.41, 5.74) is 0. The molecule has 0 aliphatic heterocycles. The van der Waals surface area contributed by atoms with Crippen molar-refractivity contribution in [2.24, 2.45) is 5.92 Å². The van der Waals surface area contributed by atoms with Crippen molar-refractivity contribution in [3.05, 3.63) is 12.2 Å². The van der Waals surface area contributed by atoms with Crippen LogP contribution in [-0.4, -0.2) is 0 Å². The molecule has 0 aliphatic carbocycles. The molecule has 0 aromatic heterocycles. The van der Waals surface area contributed by atoms with Crippen LogP contribution in [0.15, 0.2) is 12.2 Å². The lowest BCUT2D eigenvalue weighted by Crippen LogP contribution is -1.84. The van der Waals surface area contributed by atoms with Crippen LogP contribution in [-0.2, 0) is 0 Å². The summed E-state index contributed by atoms with van der Waals surface area (Å²) in [5.74, 6) is 0.773. The second kappa shape index (κ2) is 11.8. The van der Waals surface area contributed by atoms with Crippen molar-refractivity contribution in [2.75, 3.05) is 0 Å². The van der Waals surface area contributed by atoms with E-state index in [2.05, 4.69) is 32.9 Å². The number of unbranched alkanes of at least 4 members (excludes halogenated alkanes) is 7. The van der Waals surface area contributed by atoms with Crippen molar-refractivity contribution in [3.8, 4) is 0 Å². The fourth-order valence-corrected chi connectivity index (χ4v) is 1.68. The first-order valence-corrected chi connectivity index (χ1v) is 6.97. The van der Waals surface area contributed by atoms with E-state index >= 15 is 0 Å². The predicted octanol–water partition coefficient (Wildman–Crippen LogP) is 5.73. The molecule has 0 saturated carbocycles. The first kappa shape index (κ1) is 14.7. The fraction of sp³-hybridized carbons (Fsp3) is 0.867. The van der Waals surface area contributed by atoms with Gasteiger partial charge in [-0.1, -0.05) is 77.9 Å². The Hall–Kier alpha value is -0.260. The van der Waals surface area contributed by atoms with Crippen molar-refractivity contribution < 1.29 is 0 Å². The third-order valence-corrected chi connectivity index (χ3v) is 3.08. The monoisotopic (exact) mass is 210 g/mol. The van der Waals surface area contributed by atoms with Gasteiger partial charge in [-0.25, -0.2) is 0 Å². The molecule has 0 radical (unpaired) electrons. The highest BCUT2D eigenvalue weighted by Gasteiger charge is 1.91. The second-order valence-corrected chi connectivity index (χ2v) is 4.72. The lowest BCUT2D eigenvalue weighted by atomic mass is 10.1. The first-order chi connectivity index (χ1) is 7.31. The van der Waals surface area contributed by atoms with Crippen LogP contribution in [0.25, 0.3) is 0 Å². The minimum Gasteiger partial charge on any atom is -0.0883 e. The van der Waals surface area contributed by atoms with Crippen LogP contribution in [0.5, 0.6) is 0 Å². The van der Waals surface area contributed by atoms with E-state index in [-0.39, 0.29) is 0 Å². The highest BCUT2D eigenvalue weighted by Crippen LogP contribution is 2.09. The van der Waals surface area contributed by atoms with Gasteiger partial charge in [-0.05, 0) is 18.8 Å². The number of hydrogen-bond donors (Lipinski definition) is 0. The number of allylic oxidation sites excluding steroid dienone is 2. The molecule has 0 rings (SSSR count). The molecule has 0 spiro atoms. The van der Waals surface area contributed by atoms with E-state index in [0.29, 0.717) is 0 Å². The zero-order chi connectivity index (χ0) is 11.4. The summed E-state index contributed by atoms with van der Waals surface area (Å²) in [5, 5.41) is 0. The maximum Gasteiger partial charge on any atom is -0.0265 e. The van der Waals surface area contributed by atoms with E-state index < -0.39 is 0 Å². The molecular weight excluding hydrogens is 180 g/mol. The smallest absolute Gasteiger partial charge is 0.0265 e. The molecule has 0 heterocycles. The largest absolute Gasteiger partial charge is 0.0883 e. The molecule has 1 atom stereocenters. The second-order valence-electron chi connectivity index (χ2n) is 4.72. The normalized spacial score (nSPS) is 13.5. The average molecular weight is 210 g/mol. The van der Waals surface area contributed by atoms with Gasteiger partial charge in [0.05, 0.1) is 0 Å². The minimum absolute atomic E-state index is 0.773. The van der Waals surface area contributed by atoms with Crippen LogP contribution in [0, 0.1) is 5.92 Å². The molecule has 1 unspecified atom stereocenters. The Labute approximate surface area is 97.2 Å². The van der Waals surface area contributed by atoms with Gasteiger partial charge in [0.25, 0.3) is 0 Å². The zero-order valence-corrected chi connectivity index (χ0v) is 11.1. The van der Waals surface area contributed by atoms with Crippen molar-refractivity contribution in [3.63, 3.8) is 0 Å². The summed E-state index contributed by atoms with van der Waals surface area (Å²) < 4.78 is 0. The lowest BCUT2D eigenvalue weighted by Gasteiger charge is -2.00. The Morgan fingerprint density at radius 2 is 1.47 bits per heavy atom. The Morgan fingerprint density at radius 1 is 0.867 bits per heavy atom. The molecular formula is C15H30. The van der Waals surface area contributed by atoms with Gasteiger partial charge in [-0.2, -0.15) is 0 Å². The third kappa shape index (κ3) is 11.7. The third-order valence-electron chi connectivity index (χ3n) is 3.08. The Morgan fingerprint density at radius 3 is 2.07 bits per heavy atom. The predicted molar refractivity (Wildman–Crippen MR) is 71.2 cm³/mol. The van der Waals surface area contributed by atoms with Gasteiger partial charge in [0.2, 0.25) is 0 Å². The maximum atomic E-state index is 2.38. The quantitative estimate of drug-likeness (QED) is 0.319. The minimum atomic E-state index is 0.773. The lowest BCUT2D eigenvalue weighted by molar-refractivity contribution is 0.591. The van der Waals surface area contributed by atoms with E-state index in [9.17, 15) is 0 Å². The first-order valence-electron chi connectivity index (χ1n) is 6.97. The Kier molecular flexibility index (Phi) is 11.6. The summed E-state index contributed by atoms with van der Waals surface area (Å²) in [6.07, 6.45) is 17.2. The van der Waals surface area contributed by atoms with Gasteiger partial charge in [-0.3, -0.25) is 0 Å². The number of rotatable bonds is 10. The molecule has 90 valence electrons. The maximum absolute atomic E-state index is 2.38. The van der Waals surface area contributed by atoms with Crippen LogP contribution < -0.4 is 0 Å². The summed E-state index contributed by atoms with van der Waals surface area (Å²) >= 11 is 0. The molecule has 0 nitrogen and oxygen atoms in total. The van der Waals surface area contributed by atoms with E-state index in [1.807, 2.05) is 0 Å². The van der Waals surface area contributed by atoms with E-state index in [4.69, 9.17) is 0 Å². The van der Waals surface area contributed by atoms with Crippen molar-refractivity contribution in [2.45, 2.75) is 78.6 Å². The van der Waals surface area contributed by atoms with Gasteiger partial charge in [-0.15, -0.1) is 0 Å². The highest BCUT2D eigenvalue weighted by atomic mass is 14.0. The summed E-state index contributed by atoms with van der Waals surface area (Å²) in [7, 11) is 0. The van der Waals surface area contributed by atoms with Crippen LogP contribution in [0.3, 0.4) is 0 Å². The zero-order valence-electron chi connectivity index (χ0n) is 11.1. The van der Waals surface area contributed by atoms with Crippen LogP contribution in [0.1, 0.15) is 78.6 Å². The standard InChI is InChI=1S/C15H30/c1-4-6-7-8-9-10-11-12-13-14-15(3)5-2/h13-15H,4-12H2,1-3H3. The van der Waals surface area contributed by atoms with Gasteiger partial charge >= 0.3 is 0 Å². The van der Waals surface area contributed by atoms with Crippen LogP contribution >= 0.6 is 0 Å². The van der Waals surface area contributed by atoms with E-state index in [0.717, 1.165) is 5.92 Å². The molecule has 0 amide bonds. The molecule has 0 heteroatoms. The molecule has 0 aliphatic rings. The summed E-state index contributed by atoms with van der Waals surface area (Å²) in [6.45, 7) is 6.82. The molecule has 0 N–H and O–H groups in total. The molecule has 0 bridgehead atoms. The Balaban J connectivity index is 3.07. The average Bonchev–Trinajstić information content (AvgIpc) is 2.26. The molecule has 15 heavy (non-hydrogen) atoms. The SMILES string of the molecule is CCCCCCCCCC=CC(C)CC. The van der Waals surface area contributed by atoms with Gasteiger partial charge in [0.1, 0.15) is 0 Å². The van der Waals surface area contributed by atoms with E-state index in [1.165, 1.54) is 57.8 Å². The highest BCUT2D eigenvalue weighted by molar-refractivity contribution is 4.85. The fourth-order valence-electron chi connectivity index (χ4n) is 1.68. The van der Waals surface area contributed by atoms with Crippen molar-refractivity contribution >= 4 is 0 Å².